The number of hydrogen-bond acceptors (Lipinski definition) is 3. The minimum Gasteiger partial charge on any atom is -0.480 e. The van der Waals surface area contributed by atoms with Crippen LogP contribution in [0.3, 0.4) is 0 Å². The predicted molar refractivity (Wildman–Crippen MR) is 93.6 cm³/mol. The number of carbonyl (C=O) groups is 2. The van der Waals surface area contributed by atoms with Crippen molar-refractivity contribution >= 4 is 23.3 Å². The van der Waals surface area contributed by atoms with Crippen molar-refractivity contribution in [2.75, 3.05) is 29.9 Å². The number of amides is 1. The lowest BCUT2D eigenvalue weighted by Crippen LogP contribution is -2.30. The van der Waals surface area contributed by atoms with E-state index in [1.165, 1.54) is 0 Å². The smallest absolute Gasteiger partial charge is 0.323 e. The first-order valence-corrected chi connectivity index (χ1v) is 7.95. The van der Waals surface area contributed by atoms with Crippen LogP contribution in [0.5, 0.6) is 0 Å². The molecule has 0 saturated carbocycles. The number of carboxylic acid groups (broad SMARTS) is 1. The van der Waals surface area contributed by atoms with E-state index in [1.54, 1.807) is 11.9 Å². The molecule has 0 radical (unpaired) electrons. The summed E-state index contributed by atoms with van der Waals surface area (Å²) >= 11 is 0. The monoisotopic (exact) mass is 324 g/mol. The number of carbonyl (C=O) groups excluding carboxylic acids is 1. The predicted octanol–water partition coefficient (Wildman–Crippen LogP) is 2.34. The first-order valence-electron chi connectivity index (χ1n) is 7.95. The minimum atomic E-state index is -0.863. The van der Waals surface area contributed by atoms with Crippen molar-refractivity contribution in [3.8, 4) is 0 Å². The van der Waals surface area contributed by atoms with Crippen LogP contribution in [0.2, 0.25) is 0 Å². The number of aliphatic carboxylic acids is 1. The molecule has 2 aromatic carbocycles. The largest absolute Gasteiger partial charge is 0.480 e. The molecule has 0 spiro atoms. The molecule has 0 aliphatic carbocycles. The second-order valence-electron chi connectivity index (χ2n) is 6.02. The molecule has 0 aromatic heterocycles. The lowest BCUT2D eigenvalue weighted by Gasteiger charge is -2.20. The zero-order valence-electron chi connectivity index (χ0n) is 13.6. The van der Waals surface area contributed by atoms with Gasteiger partial charge in [-0.05, 0) is 35.7 Å². The summed E-state index contributed by atoms with van der Waals surface area (Å²) in [7, 11) is 1.75. The molecule has 124 valence electrons. The molecule has 1 aliphatic heterocycles. The van der Waals surface area contributed by atoms with Crippen LogP contribution < -0.4 is 9.80 Å². The normalized spacial score (nSPS) is 12.8. The number of fused-ring (bicyclic) bond motifs is 1. The van der Waals surface area contributed by atoms with Gasteiger partial charge in [-0.25, -0.2) is 0 Å². The van der Waals surface area contributed by atoms with E-state index in [-0.39, 0.29) is 12.5 Å². The van der Waals surface area contributed by atoms with E-state index < -0.39 is 5.97 Å². The third kappa shape index (κ3) is 3.40. The molecule has 1 amide bonds. The zero-order chi connectivity index (χ0) is 17.1. The lowest BCUT2D eigenvalue weighted by molar-refractivity contribution is -0.135. The van der Waals surface area contributed by atoms with Gasteiger partial charge in [-0.15, -0.1) is 0 Å². The number of anilines is 2. The fourth-order valence-corrected chi connectivity index (χ4v) is 3.04. The number of carboxylic acids is 1. The third-order valence-electron chi connectivity index (χ3n) is 4.27. The summed E-state index contributed by atoms with van der Waals surface area (Å²) in [5.41, 5.74) is 3.89. The molecule has 1 heterocycles. The Kier molecular flexibility index (Phi) is 4.51. The average Bonchev–Trinajstić information content (AvgIpc) is 2.98. The van der Waals surface area contributed by atoms with Crippen LogP contribution in [0.4, 0.5) is 11.4 Å². The van der Waals surface area contributed by atoms with Gasteiger partial charge in [0, 0.05) is 25.0 Å². The molecule has 3 rings (SSSR count). The Labute approximate surface area is 141 Å². The Hall–Kier alpha value is -2.82. The molecule has 5 heteroatoms. The van der Waals surface area contributed by atoms with Crippen LogP contribution in [0.25, 0.3) is 0 Å². The van der Waals surface area contributed by atoms with Crippen molar-refractivity contribution in [2.24, 2.45) is 0 Å². The topological polar surface area (TPSA) is 60.9 Å². The first-order chi connectivity index (χ1) is 11.5. The lowest BCUT2D eigenvalue weighted by atomic mass is 10.1. The summed E-state index contributed by atoms with van der Waals surface area (Å²) in [6.07, 6.45) is 1.19. The molecule has 1 N–H and O–H groups in total. The molecule has 1 aliphatic rings. The number of benzene rings is 2. The second kappa shape index (κ2) is 6.74. The van der Waals surface area contributed by atoms with Gasteiger partial charge >= 0.3 is 5.97 Å². The van der Waals surface area contributed by atoms with Crippen LogP contribution in [0.15, 0.2) is 48.5 Å². The minimum absolute atomic E-state index is 0.0462. The summed E-state index contributed by atoms with van der Waals surface area (Å²) in [6, 6.07) is 15.5. The Morgan fingerprint density at radius 3 is 2.62 bits per heavy atom. The standard InChI is InChI=1S/C19H20N2O3/c1-20(13-19(23)24)16-7-8-17-15(12-16)9-10-21(17)18(22)11-14-5-3-2-4-6-14/h2-8,12H,9-11,13H2,1H3,(H,23,24). The number of hydrogen-bond donors (Lipinski definition) is 1. The van der Waals surface area contributed by atoms with Crippen LogP contribution >= 0.6 is 0 Å². The van der Waals surface area contributed by atoms with Gasteiger partial charge in [0.1, 0.15) is 6.54 Å². The molecular formula is C19H20N2O3. The van der Waals surface area contributed by atoms with Gasteiger partial charge in [-0.2, -0.15) is 0 Å². The molecule has 24 heavy (non-hydrogen) atoms. The highest BCUT2D eigenvalue weighted by atomic mass is 16.4. The molecule has 0 bridgehead atoms. The average molecular weight is 324 g/mol. The summed E-state index contributed by atoms with van der Waals surface area (Å²) < 4.78 is 0. The van der Waals surface area contributed by atoms with Crippen LogP contribution in [0.1, 0.15) is 11.1 Å². The molecule has 5 nitrogen and oxygen atoms in total. The van der Waals surface area contributed by atoms with Crippen molar-refractivity contribution in [3.63, 3.8) is 0 Å². The summed E-state index contributed by atoms with van der Waals surface area (Å²) in [4.78, 5) is 26.9. The van der Waals surface area contributed by atoms with E-state index >= 15 is 0 Å². The van der Waals surface area contributed by atoms with Gasteiger partial charge in [0.05, 0.1) is 6.42 Å². The van der Waals surface area contributed by atoms with E-state index in [1.807, 2.05) is 53.4 Å². The zero-order valence-corrected chi connectivity index (χ0v) is 13.6. The molecule has 0 atom stereocenters. The van der Waals surface area contributed by atoms with E-state index in [0.29, 0.717) is 13.0 Å². The SMILES string of the molecule is CN(CC(=O)O)c1ccc2c(c1)CCN2C(=O)Cc1ccccc1. The highest BCUT2D eigenvalue weighted by molar-refractivity contribution is 5.97. The first kappa shape index (κ1) is 16.1. The maximum Gasteiger partial charge on any atom is 0.323 e. The Morgan fingerprint density at radius 1 is 1.17 bits per heavy atom. The van der Waals surface area contributed by atoms with Crippen LogP contribution in [-0.4, -0.2) is 37.1 Å². The van der Waals surface area contributed by atoms with Crippen molar-refractivity contribution in [1.82, 2.24) is 0 Å². The Bertz CT molecular complexity index is 758. The van der Waals surface area contributed by atoms with Crippen molar-refractivity contribution in [1.29, 1.82) is 0 Å². The molecule has 0 saturated heterocycles. The van der Waals surface area contributed by atoms with E-state index in [9.17, 15) is 9.59 Å². The Morgan fingerprint density at radius 2 is 1.92 bits per heavy atom. The maximum absolute atomic E-state index is 12.6. The Balaban J connectivity index is 1.75. The second-order valence-corrected chi connectivity index (χ2v) is 6.02. The number of rotatable bonds is 5. The van der Waals surface area contributed by atoms with Gasteiger partial charge in [-0.3, -0.25) is 9.59 Å². The van der Waals surface area contributed by atoms with E-state index in [2.05, 4.69) is 0 Å². The highest BCUT2D eigenvalue weighted by Gasteiger charge is 2.25. The van der Waals surface area contributed by atoms with Crippen LogP contribution in [0, 0.1) is 0 Å². The van der Waals surface area contributed by atoms with Gasteiger partial charge in [0.15, 0.2) is 0 Å². The molecule has 0 unspecified atom stereocenters. The third-order valence-corrected chi connectivity index (χ3v) is 4.27. The van der Waals surface area contributed by atoms with E-state index in [0.717, 1.165) is 28.9 Å². The quantitative estimate of drug-likeness (QED) is 0.917. The number of nitrogens with zero attached hydrogens (tertiary/aromatic N) is 2. The van der Waals surface area contributed by atoms with Gasteiger partial charge in [0.2, 0.25) is 5.91 Å². The highest BCUT2D eigenvalue weighted by Crippen LogP contribution is 2.31. The summed E-state index contributed by atoms with van der Waals surface area (Å²) in [5.74, 6) is -0.774. The fourth-order valence-electron chi connectivity index (χ4n) is 3.04. The molecule has 2 aromatic rings. The van der Waals surface area contributed by atoms with Gasteiger partial charge in [0.25, 0.3) is 0 Å². The molecular weight excluding hydrogens is 304 g/mol. The van der Waals surface area contributed by atoms with Crippen LogP contribution in [-0.2, 0) is 22.4 Å². The maximum atomic E-state index is 12.6. The number of likely N-dealkylation sites (N-methyl/N-ethyl adjacent to an activating group) is 1. The summed E-state index contributed by atoms with van der Waals surface area (Å²) in [6.45, 7) is 0.628. The molecule has 0 fully saturated rings. The fraction of sp³-hybridized carbons (Fsp3) is 0.263. The van der Waals surface area contributed by atoms with E-state index in [4.69, 9.17) is 5.11 Å². The van der Waals surface area contributed by atoms with Crippen molar-refractivity contribution in [3.05, 3.63) is 59.7 Å². The van der Waals surface area contributed by atoms with Crippen molar-refractivity contribution in [2.45, 2.75) is 12.8 Å². The van der Waals surface area contributed by atoms with Crippen molar-refractivity contribution < 1.29 is 14.7 Å². The van der Waals surface area contributed by atoms with Gasteiger partial charge < -0.3 is 14.9 Å². The summed E-state index contributed by atoms with van der Waals surface area (Å²) in [5, 5.41) is 8.90. The van der Waals surface area contributed by atoms with Gasteiger partial charge in [-0.1, -0.05) is 30.3 Å².